The van der Waals surface area contributed by atoms with Crippen LogP contribution in [0.2, 0.25) is 0 Å². The van der Waals surface area contributed by atoms with Crippen molar-refractivity contribution in [3.8, 4) is 0 Å². The molecule has 0 aliphatic heterocycles. The molecule has 1 aliphatic rings. The summed E-state index contributed by atoms with van der Waals surface area (Å²) >= 11 is 0. The standard InChI is InChI=1S/C10H15N3O/c14-10(13-9-1-2-9)7-12-6-8-3-4-11-5-8/h3-5,9,11-12H,1-2,6-7H2,(H,13,14). The molecule has 0 spiro atoms. The van der Waals surface area contributed by atoms with Crippen molar-refractivity contribution in [2.24, 2.45) is 0 Å². The number of aromatic nitrogens is 1. The van der Waals surface area contributed by atoms with E-state index in [2.05, 4.69) is 15.6 Å². The molecule has 0 aromatic carbocycles. The van der Waals surface area contributed by atoms with Crippen molar-refractivity contribution in [1.82, 2.24) is 15.6 Å². The van der Waals surface area contributed by atoms with Gasteiger partial charge in [-0.25, -0.2) is 0 Å². The van der Waals surface area contributed by atoms with E-state index in [1.54, 1.807) is 0 Å². The molecular weight excluding hydrogens is 178 g/mol. The highest BCUT2D eigenvalue weighted by atomic mass is 16.2. The van der Waals surface area contributed by atoms with Crippen LogP contribution in [0.3, 0.4) is 0 Å². The van der Waals surface area contributed by atoms with E-state index >= 15 is 0 Å². The summed E-state index contributed by atoms with van der Waals surface area (Å²) in [6, 6.07) is 2.45. The second kappa shape index (κ2) is 4.28. The highest BCUT2D eigenvalue weighted by molar-refractivity contribution is 5.78. The predicted molar refractivity (Wildman–Crippen MR) is 53.7 cm³/mol. The minimum atomic E-state index is 0.100. The Morgan fingerprint density at radius 3 is 3.07 bits per heavy atom. The molecule has 1 aromatic heterocycles. The van der Waals surface area contributed by atoms with Crippen LogP contribution in [0.15, 0.2) is 18.5 Å². The zero-order valence-corrected chi connectivity index (χ0v) is 8.05. The molecule has 4 heteroatoms. The van der Waals surface area contributed by atoms with Crippen molar-refractivity contribution in [3.05, 3.63) is 24.0 Å². The van der Waals surface area contributed by atoms with Crippen molar-refractivity contribution in [3.63, 3.8) is 0 Å². The minimum Gasteiger partial charge on any atom is -0.367 e. The number of carbonyl (C=O) groups is 1. The Labute approximate surface area is 83.1 Å². The number of amides is 1. The molecule has 1 heterocycles. The zero-order chi connectivity index (χ0) is 9.80. The van der Waals surface area contributed by atoms with Gasteiger partial charge in [-0.1, -0.05) is 0 Å². The number of H-pyrrole nitrogens is 1. The van der Waals surface area contributed by atoms with Gasteiger partial charge in [-0.05, 0) is 24.5 Å². The first-order valence-corrected chi connectivity index (χ1v) is 4.96. The van der Waals surface area contributed by atoms with Crippen LogP contribution in [-0.2, 0) is 11.3 Å². The van der Waals surface area contributed by atoms with E-state index < -0.39 is 0 Å². The van der Waals surface area contributed by atoms with Crippen LogP contribution in [-0.4, -0.2) is 23.5 Å². The van der Waals surface area contributed by atoms with Gasteiger partial charge in [0.1, 0.15) is 0 Å². The number of carbonyl (C=O) groups excluding carboxylic acids is 1. The lowest BCUT2D eigenvalue weighted by molar-refractivity contribution is -0.120. The predicted octanol–water partition coefficient (Wildman–Crippen LogP) is 0.383. The monoisotopic (exact) mass is 193 g/mol. The van der Waals surface area contributed by atoms with Crippen molar-refractivity contribution in [2.75, 3.05) is 6.54 Å². The molecular formula is C10H15N3O. The third kappa shape index (κ3) is 2.88. The molecule has 0 radical (unpaired) electrons. The second-order valence-electron chi connectivity index (χ2n) is 3.66. The van der Waals surface area contributed by atoms with Gasteiger partial charge in [0.15, 0.2) is 0 Å². The summed E-state index contributed by atoms with van der Waals surface area (Å²) in [7, 11) is 0. The molecule has 1 aromatic rings. The van der Waals surface area contributed by atoms with E-state index in [1.165, 1.54) is 5.56 Å². The largest absolute Gasteiger partial charge is 0.367 e. The topological polar surface area (TPSA) is 56.9 Å². The number of hydrogen-bond donors (Lipinski definition) is 3. The highest BCUT2D eigenvalue weighted by Gasteiger charge is 2.22. The lowest BCUT2D eigenvalue weighted by Crippen LogP contribution is -2.34. The normalized spacial score (nSPS) is 15.4. The first-order chi connectivity index (χ1) is 6.84. The van der Waals surface area contributed by atoms with Gasteiger partial charge in [-0.2, -0.15) is 0 Å². The molecule has 0 saturated heterocycles. The second-order valence-corrected chi connectivity index (χ2v) is 3.66. The Morgan fingerprint density at radius 2 is 2.43 bits per heavy atom. The van der Waals surface area contributed by atoms with Crippen LogP contribution in [0, 0.1) is 0 Å². The summed E-state index contributed by atoms with van der Waals surface area (Å²) in [5, 5.41) is 6.01. The Kier molecular flexibility index (Phi) is 2.84. The van der Waals surface area contributed by atoms with E-state index in [-0.39, 0.29) is 5.91 Å². The van der Waals surface area contributed by atoms with Gasteiger partial charge < -0.3 is 15.6 Å². The summed E-state index contributed by atoms with van der Waals surface area (Å²) in [5.74, 6) is 0.100. The number of rotatable bonds is 5. The smallest absolute Gasteiger partial charge is 0.234 e. The van der Waals surface area contributed by atoms with Crippen LogP contribution in [0.4, 0.5) is 0 Å². The number of nitrogens with one attached hydrogen (secondary N) is 3. The fraction of sp³-hybridized carbons (Fsp3) is 0.500. The van der Waals surface area contributed by atoms with Crippen molar-refractivity contribution in [1.29, 1.82) is 0 Å². The number of aromatic amines is 1. The molecule has 1 fully saturated rings. The van der Waals surface area contributed by atoms with Crippen LogP contribution >= 0.6 is 0 Å². The van der Waals surface area contributed by atoms with Gasteiger partial charge in [-0.15, -0.1) is 0 Å². The summed E-state index contributed by atoms with van der Waals surface area (Å²) in [5.41, 5.74) is 1.17. The lowest BCUT2D eigenvalue weighted by atomic mass is 10.3. The van der Waals surface area contributed by atoms with Crippen LogP contribution in [0.1, 0.15) is 18.4 Å². The SMILES string of the molecule is O=C(CNCc1cc[nH]c1)NC1CC1. The van der Waals surface area contributed by atoms with Crippen molar-refractivity contribution >= 4 is 5.91 Å². The van der Waals surface area contributed by atoms with Gasteiger partial charge >= 0.3 is 0 Å². The molecule has 3 N–H and O–H groups in total. The third-order valence-electron chi connectivity index (χ3n) is 2.22. The molecule has 76 valence electrons. The molecule has 1 saturated carbocycles. The maximum atomic E-state index is 11.2. The summed E-state index contributed by atoms with van der Waals surface area (Å²) in [6.45, 7) is 1.14. The molecule has 4 nitrogen and oxygen atoms in total. The molecule has 0 unspecified atom stereocenters. The Bertz CT molecular complexity index is 290. The van der Waals surface area contributed by atoms with E-state index in [0.29, 0.717) is 12.6 Å². The zero-order valence-electron chi connectivity index (χ0n) is 8.05. The average Bonchev–Trinajstić information content (AvgIpc) is 2.82. The molecule has 14 heavy (non-hydrogen) atoms. The molecule has 1 amide bonds. The number of hydrogen-bond acceptors (Lipinski definition) is 2. The summed E-state index contributed by atoms with van der Waals surface area (Å²) in [6.07, 6.45) is 6.08. The van der Waals surface area contributed by atoms with Crippen LogP contribution < -0.4 is 10.6 Å². The first kappa shape index (κ1) is 9.27. The van der Waals surface area contributed by atoms with E-state index in [0.717, 1.165) is 19.4 Å². The van der Waals surface area contributed by atoms with Crippen molar-refractivity contribution in [2.45, 2.75) is 25.4 Å². The lowest BCUT2D eigenvalue weighted by Gasteiger charge is -2.03. The van der Waals surface area contributed by atoms with Gasteiger partial charge in [0.2, 0.25) is 5.91 Å². The van der Waals surface area contributed by atoms with Gasteiger partial charge in [-0.3, -0.25) is 4.79 Å². The Hall–Kier alpha value is -1.29. The van der Waals surface area contributed by atoms with E-state index in [4.69, 9.17) is 0 Å². The fourth-order valence-electron chi connectivity index (χ4n) is 1.30. The molecule has 1 aliphatic carbocycles. The van der Waals surface area contributed by atoms with Crippen LogP contribution in [0.5, 0.6) is 0 Å². The third-order valence-corrected chi connectivity index (χ3v) is 2.22. The molecule has 2 rings (SSSR count). The summed E-state index contributed by atoms with van der Waals surface area (Å²) < 4.78 is 0. The molecule has 0 bridgehead atoms. The van der Waals surface area contributed by atoms with Gasteiger partial charge in [0.05, 0.1) is 6.54 Å². The van der Waals surface area contributed by atoms with Gasteiger partial charge in [0.25, 0.3) is 0 Å². The van der Waals surface area contributed by atoms with E-state index in [9.17, 15) is 4.79 Å². The van der Waals surface area contributed by atoms with Crippen LogP contribution in [0.25, 0.3) is 0 Å². The van der Waals surface area contributed by atoms with Crippen molar-refractivity contribution < 1.29 is 4.79 Å². The van der Waals surface area contributed by atoms with Gasteiger partial charge in [0, 0.05) is 25.0 Å². The fourth-order valence-corrected chi connectivity index (χ4v) is 1.30. The van der Waals surface area contributed by atoms with E-state index in [1.807, 2.05) is 18.5 Å². The first-order valence-electron chi connectivity index (χ1n) is 4.96. The summed E-state index contributed by atoms with van der Waals surface area (Å²) in [4.78, 5) is 14.2. The Balaban J connectivity index is 1.60. The Morgan fingerprint density at radius 1 is 1.57 bits per heavy atom. The quantitative estimate of drug-likeness (QED) is 0.633. The maximum Gasteiger partial charge on any atom is 0.234 e. The average molecular weight is 193 g/mol. The minimum absolute atomic E-state index is 0.100. The highest BCUT2D eigenvalue weighted by Crippen LogP contribution is 2.18. The maximum absolute atomic E-state index is 11.2. The molecule has 0 atom stereocenters.